The highest BCUT2D eigenvalue weighted by molar-refractivity contribution is 6.24. The molecule has 0 saturated heterocycles. The fourth-order valence-corrected chi connectivity index (χ4v) is 2.97. The minimum absolute atomic E-state index is 0.0677. The summed E-state index contributed by atoms with van der Waals surface area (Å²) in [7, 11) is 4.06. The Bertz CT molecular complexity index is 151. The number of rotatable bonds is 7. The van der Waals surface area contributed by atoms with Crippen molar-refractivity contribution in [2.75, 3.05) is 33.7 Å². The Balaban J connectivity index is 4.30. The summed E-state index contributed by atoms with van der Waals surface area (Å²) in [4.78, 5) is 4.44. The maximum atomic E-state index is 6.42. The molecule has 0 aliphatic carbocycles. The predicted molar refractivity (Wildman–Crippen MR) is 70.2 cm³/mol. The molecule has 0 saturated carbocycles. The van der Waals surface area contributed by atoms with Crippen molar-refractivity contribution in [3.63, 3.8) is 0 Å². The Hall–Kier alpha value is 0.500. The largest absolute Gasteiger partial charge is 0.303 e. The molecule has 3 atom stereocenters. The lowest BCUT2D eigenvalue weighted by molar-refractivity contribution is 0.228. The smallest absolute Gasteiger partial charge is 0.0632 e. The number of alkyl halides is 2. The Morgan fingerprint density at radius 3 is 1.80 bits per heavy atom. The van der Waals surface area contributed by atoms with Crippen LogP contribution in [0.15, 0.2) is 0 Å². The summed E-state index contributed by atoms with van der Waals surface area (Å²) in [5, 5.41) is 0.144. The van der Waals surface area contributed by atoms with Gasteiger partial charge in [0.1, 0.15) is 0 Å². The van der Waals surface area contributed by atoms with Gasteiger partial charge in [0.25, 0.3) is 0 Å². The van der Waals surface area contributed by atoms with Crippen molar-refractivity contribution in [2.45, 2.75) is 37.6 Å². The molecule has 0 aromatic rings. The average Bonchev–Trinajstić information content (AvgIpc) is 2.12. The van der Waals surface area contributed by atoms with Crippen LogP contribution in [-0.4, -0.2) is 60.3 Å². The quantitative estimate of drug-likeness (QED) is 0.645. The third-order valence-corrected chi connectivity index (χ3v) is 3.42. The van der Waals surface area contributed by atoms with Gasteiger partial charge < -0.3 is 9.80 Å². The lowest BCUT2D eigenvalue weighted by atomic mass is 10.1. The van der Waals surface area contributed by atoms with Gasteiger partial charge in [-0.2, -0.15) is 0 Å². The first-order chi connectivity index (χ1) is 6.93. The van der Waals surface area contributed by atoms with Crippen molar-refractivity contribution < 1.29 is 0 Å². The Morgan fingerprint density at radius 1 is 1.07 bits per heavy atom. The molecule has 0 N–H and O–H groups in total. The Labute approximate surface area is 105 Å². The second kappa shape index (κ2) is 7.72. The van der Waals surface area contributed by atoms with E-state index in [0.29, 0.717) is 0 Å². The van der Waals surface area contributed by atoms with Crippen LogP contribution in [-0.2, 0) is 0 Å². The molecule has 0 aliphatic heterocycles. The highest BCUT2D eigenvalue weighted by Crippen LogP contribution is 2.17. The molecule has 0 aromatic heterocycles. The number of hydrogen-bond donors (Lipinski definition) is 0. The van der Waals surface area contributed by atoms with Crippen molar-refractivity contribution in [3.8, 4) is 0 Å². The molecule has 15 heavy (non-hydrogen) atoms. The lowest BCUT2D eigenvalue weighted by Crippen LogP contribution is -2.47. The van der Waals surface area contributed by atoms with E-state index in [1.165, 1.54) is 0 Å². The normalized spacial score (nSPS) is 18.2. The van der Waals surface area contributed by atoms with Gasteiger partial charge >= 0.3 is 0 Å². The van der Waals surface area contributed by atoms with Crippen molar-refractivity contribution in [1.82, 2.24) is 9.80 Å². The lowest BCUT2D eigenvalue weighted by Gasteiger charge is -2.33. The van der Waals surface area contributed by atoms with E-state index >= 15 is 0 Å². The molecule has 0 fully saturated rings. The van der Waals surface area contributed by atoms with Crippen LogP contribution in [0, 0.1) is 0 Å². The van der Waals surface area contributed by atoms with E-state index in [-0.39, 0.29) is 16.8 Å². The molecular formula is C11H24Cl2N2. The zero-order valence-corrected chi connectivity index (χ0v) is 12.0. The maximum Gasteiger partial charge on any atom is 0.0632 e. The first-order valence-corrected chi connectivity index (χ1v) is 6.48. The maximum absolute atomic E-state index is 6.42. The van der Waals surface area contributed by atoms with E-state index in [1.54, 1.807) is 0 Å². The van der Waals surface area contributed by atoms with Crippen LogP contribution in [0.5, 0.6) is 0 Å². The summed E-state index contributed by atoms with van der Waals surface area (Å²) in [5.74, 6) is 0. The highest BCUT2D eigenvalue weighted by Gasteiger charge is 2.27. The van der Waals surface area contributed by atoms with Crippen molar-refractivity contribution in [3.05, 3.63) is 0 Å². The van der Waals surface area contributed by atoms with Gasteiger partial charge in [-0.05, 0) is 34.1 Å². The molecule has 92 valence electrons. The molecule has 0 spiro atoms. The molecule has 0 radical (unpaired) electrons. The number of hydrogen-bond acceptors (Lipinski definition) is 2. The van der Waals surface area contributed by atoms with Crippen molar-refractivity contribution in [2.24, 2.45) is 0 Å². The van der Waals surface area contributed by atoms with E-state index in [4.69, 9.17) is 23.2 Å². The van der Waals surface area contributed by atoms with Crippen LogP contribution >= 0.6 is 23.2 Å². The van der Waals surface area contributed by atoms with E-state index in [2.05, 4.69) is 23.6 Å². The van der Waals surface area contributed by atoms with E-state index in [9.17, 15) is 0 Å². The molecule has 0 aliphatic rings. The minimum atomic E-state index is 0.0677. The van der Waals surface area contributed by atoms with E-state index < -0.39 is 0 Å². The topological polar surface area (TPSA) is 6.48 Å². The number of halogens is 2. The van der Waals surface area contributed by atoms with Crippen LogP contribution < -0.4 is 0 Å². The number of nitrogens with zero attached hydrogens (tertiary/aromatic N) is 2. The molecule has 0 heterocycles. The molecule has 2 nitrogen and oxygen atoms in total. The summed E-state index contributed by atoms with van der Waals surface area (Å²) >= 11 is 12.6. The first-order valence-electron chi connectivity index (χ1n) is 5.60. The average molecular weight is 255 g/mol. The second-order valence-corrected chi connectivity index (χ2v) is 5.38. The van der Waals surface area contributed by atoms with Gasteiger partial charge in [0, 0.05) is 18.0 Å². The fraction of sp³-hybridized carbons (Fsp3) is 1.00. The van der Waals surface area contributed by atoms with Crippen LogP contribution in [0.25, 0.3) is 0 Å². The fourth-order valence-electron chi connectivity index (χ4n) is 1.86. The highest BCUT2D eigenvalue weighted by atomic mass is 35.5. The van der Waals surface area contributed by atoms with Gasteiger partial charge in [-0.25, -0.2) is 0 Å². The van der Waals surface area contributed by atoms with Crippen LogP contribution in [0.4, 0.5) is 0 Å². The predicted octanol–water partition coefficient (Wildman–Crippen LogP) is 2.49. The van der Waals surface area contributed by atoms with Crippen LogP contribution in [0.3, 0.4) is 0 Å². The molecule has 0 rings (SSSR count). The third-order valence-electron chi connectivity index (χ3n) is 2.76. The standard InChI is InChI=1S/C11H24Cl2N2/c1-6-15(7-2)8-10(13)11(9(3)12)14(4)5/h9-11H,6-8H2,1-5H3. The molecule has 0 amide bonds. The summed E-state index contributed by atoms with van der Waals surface area (Å²) in [6, 6.07) is 0.217. The molecule has 0 bridgehead atoms. The van der Waals surface area contributed by atoms with Gasteiger partial charge in [-0.3, -0.25) is 0 Å². The van der Waals surface area contributed by atoms with E-state index in [1.807, 2.05) is 21.0 Å². The van der Waals surface area contributed by atoms with Gasteiger partial charge in [-0.15, -0.1) is 23.2 Å². The first kappa shape index (κ1) is 15.5. The summed E-state index contributed by atoms with van der Waals surface area (Å²) < 4.78 is 0. The van der Waals surface area contributed by atoms with Crippen molar-refractivity contribution in [1.29, 1.82) is 0 Å². The summed E-state index contributed by atoms with van der Waals surface area (Å²) in [6.45, 7) is 9.29. The molecular weight excluding hydrogens is 231 g/mol. The monoisotopic (exact) mass is 254 g/mol. The molecule has 3 unspecified atom stereocenters. The van der Waals surface area contributed by atoms with Gasteiger partial charge in [0.05, 0.1) is 5.38 Å². The van der Waals surface area contributed by atoms with Crippen LogP contribution in [0.2, 0.25) is 0 Å². The Morgan fingerprint density at radius 2 is 1.53 bits per heavy atom. The van der Waals surface area contributed by atoms with Gasteiger partial charge in [-0.1, -0.05) is 13.8 Å². The summed E-state index contributed by atoms with van der Waals surface area (Å²) in [5.41, 5.74) is 0. The summed E-state index contributed by atoms with van der Waals surface area (Å²) in [6.07, 6.45) is 0. The Kier molecular flexibility index (Phi) is 7.98. The molecule has 4 heteroatoms. The van der Waals surface area contributed by atoms with Gasteiger partial charge in [0.15, 0.2) is 0 Å². The zero-order chi connectivity index (χ0) is 12.0. The third kappa shape index (κ3) is 5.39. The van der Waals surface area contributed by atoms with Crippen LogP contribution in [0.1, 0.15) is 20.8 Å². The van der Waals surface area contributed by atoms with E-state index in [0.717, 1.165) is 19.6 Å². The zero-order valence-electron chi connectivity index (χ0n) is 10.5. The minimum Gasteiger partial charge on any atom is -0.303 e. The SMILES string of the molecule is CCN(CC)CC(Cl)C(C(C)Cl)N(C)C. The van der Waals surface area contributed by atoms with Crippen molar-refractivity contribution >= 4 is 23.2 Å². The second-order valence-electron chi connectivity index (χ2n) is 4.13. The molecule has 0 aromatic carbocycles. The van der Waals surface area contributed by atoms with Gasteiger partial charge in [0.2, 0.25) is 0 Å².